The third kappa shape index (κ3) is 4.90. The molecule has 0 bridgehead atoms. The summed E-state index contributed by atoms with van der Waals surface area (Å²) in [6.45, 7) is 0.530. The molecule has 0 unspecified atom stereocenters. The SMILES string of the molecule is CSc1ccc(NCc2ccc(F)cc2-c2ccc(S(C)(=O)=O)cc2)cc1. The molecule has 0 radical (unpaired) electrons. The second-order valence-corrected chi connectivity index (χ2v) is 9.08. The van der Waals surface area contributed by atoms with Crippen LogP contribution in [0.3, 0.4) is 0 Å². The highest BCUT2D eigenvalue weighted by atomic mass is 32.2. The summed E-state index contributed by atoms with van der Waals surface area (Å²) in [6, 6.07) is 19.3. The van der Waals surface area contributed by atoms with Crippen LogP contribution in [0.1, 0.15) is 5.56 Å². The lowest BCUT2D eigenvalue weighted by Crippen LogP contribution is -2.02. The third-order valence-corrected chi connectivity index (χ3v) is 6.11. The largest absolute Gasteiger partial charge is 0.381 e. The first-order chi connectivity index (χ1) is 12.9. The Kier molecular flexibility index (Phi) is 5.87. The van der Waals surface area contributed by atoms with Crippen LogP contribution >= 0.6 is 11.8 Å². The van der Waals surface area contributed by atoms with Crippen molar-refractivity contribution in [1.29, 1.82) is 0 Å². The minimum atomic E-state index is -3.26. The van der Waals surface area contributed by atoms with Crippen molar-refractivity contribution in [2.75, 3.05) is 17.8 Å². The van der Waals surface area contributed by atoms with Crippen LogP contribution in [-0.2, 0) is 16.4 Å². The van der Waals surface area contributed by atoms with Crippen molar-refractivity contribution in [2.45, 2.75) is 16.3 Å². The van der Waals surface area contributed by atoms with E-state index in [1.807, 2.05) is 30.5 Å². The molecule has 0 spiro atoms. The Morgan fingerprint density at radius 2 is 1.63 bits per heavy atom. The predicted molar refractivity (Wildman–Crippen MR) is 110 cm³/mol. The Morgan fingerprint density at radius 3 is 2.22 bits per heavy atom. The molecule has 3 nitrogen and oxygen atoms in total. The molecule has 3 aromatic rings. The van der Waals surface area contributed by atoms with E-state index in [9.17, 15) is 12.8 Å². The molecule has 140 valence electrons. The number of hydrogen-bond acceptors (Lipinski definition) is 4. The van der Waals surface area contributed by atoms with Gasteiger partial charge in [-0.25, -0.2) is 12.8 Å². The highest BCUT2D eigenvalue weighted by molar-refractivity contribution is 7.98. The summed E-state index contributed by atoms with van der Waals surface area (Å²) in [7, 11) is -3.26. The summed E-state index contributed by atoms with van der Waals surface area (Å²) in [5.74, 6) is -0.328. The van der Waals surface area contributed by atoms with Gasteiger partial charge in [0.2, 0.25) is 0 Å². The van der Waals surface area contributed by atoms with Crippen molar-refractivity contribution in [2.24, 2.45) is 0 Å². The Labute approximate surface area is 163 Å². The van der Waals surface area contributed by atoms with Crippen LogP contribution in [0.15, 0.2) is 76.5 Å². The standard InChI is InChI=1S/C21H20FNO2S2/c1-26-19-9-7-18(8-10-19)23-14-16-3-6-17(22)13-21(16)15-4-11-20(12-5-15)27(2,24)25/h3-13,23H,14H2,1-2H3. The van der Waals surface area contributed by atoms with Gasteiger partial charge in [0, 0.05) is 23.4 Å². The van der Waals surface area contributed by atoms with Gasteiger partial charge in [-0.2, -0.15) is 0 Å². The average Bonchev–Trinajstić information content (AvgIpc) is 2.67. The number of anilines is 1. The zero-order valence-corrected chi connectivity index (χ0v) is 16.7. The highest BCUT2D eigenvalue weighted by Gasteiger charge is 2.10. The van der Waals surface area contributed by atoms with Crippen molar-refractivity contribution in [3.05, 3.63) is 78.1 Å². The fraction of sp³-hybridized carbons (Fsp3) is 0.143. The summed E-state index contributed by atoms with van der Waals surface area (Å²) >= 11 is 1.68. The minimum Gasteiger partial charge on any atom is -0.381 e. The molecule has 0 fully saturated rings. The highest BCUT2D eigenvalue weighted by Crippen LogP contribution is 2.27. The first-order valence-electron chi connectivity index (χ1n) is 8.33. The van der Waals surface area contributed by atoms with Crippen molar-refractivity contribution in [3.8, 4) is 11.1 Å². The number of rotatable bonds is 6. The van der Waals surface area contributed by atoms with E-state index in [1.165, 1.54) is 23.3 Å². The zero-order valence-electron chi connectivity index (χ0n) is 15.1. The zero-order chi connectivity index (χ0) is 19.4. The number of halogens is 1. The fourth-order valence-corrected chi connectivity index (χ4v) is 3.80. The van der Waals surface area contributed by atoms with Gasteiger partial charge in [-0.05, 0) is 71.5 Å². The molecule has 0 atom stereocenters. The van der Waals surface area contributed by atoms with Crippen molar-refractivity contribution in [3.63, 3.8) is 0 Å². The van der Waals surface area contributed by atoms with Crippen LogP contribution in [0.5, 0.6) is 0 Å². The lowest BCUT2D eigenvalue weighted by molar-refractivity contribution is 0.602. The Hall–Kier alpha value is -2.31. The molecule has 0 saturated carbocycles. The van der Waals surface area contributed by atoms with E-state index in [2.05, 4.69) is 5.32 Å². The van der Waals surface area contributed by atoms with Crippen LogP contribution in [0.4, 0.5) is 10.1 Å². The van der Waals surface area contributed by atoms with Gasteiger partial charge in [0.15, 0.2) is 9.84 Å². The van der Waals surface area contributed by atoms with Gasteiger partial charge < -0.3 is 5.32 Å². The predicted octanol–water partition coefficient (Wildman–Crippen LogP) is 5.23. The van der Waals surface area contributed by atoms with Gasteiger partial charge in [-0.15, -0.1) is 11.8 Å². The molecule has 0 aliphatic carbocycles. The monoisotopic (exact) mass is 401 g/mol. The number of thioether (sulfide) groups is 1. The van der Waals surface area contributed by atoms with Crippen LogP contribution in [0.25, 0.3) is 11.1 Å². The van der Waals surface area contributed by atoms with Crippen LogP contribution in [0, 0.1) is 5.82 Å². The molecule has 0 aliphatic rings. The summed E-state index contributed by atoms with van der Waals surface area (Å²) < 4.78 is 37.1. The lowest BCUT2D eigenvalue weighted by Gasteiger charge is -2.13. The summed E-state index contributed by atoms with van der Waals surface area (Å²) in [5.41, 5.74) is 3.42. The Bertz CT molecular complexity index is 1030. The van der Waals surface area contributed by atoms with E-state index in [0.29, 0.717) is 6.54 Å². The maximum Gasteiger partial charge on any atom is 0.175 e. The van der Waals surface area contributed by atoms with E-state index in [1.54, 1.807) is 42.1 Å². The quantitative estimate of drug-likeness (QED) is 0.575. The minimum absolute atomic E-state index is 0.246. The van der Waals surface area contributed by atoms with E-state index in [0.717, 1.165) is 22.4 Å². The molecule has 3 rings (SSSR count). The van der Waals surface area contributed by atoms with E-state index in [-0.39, 0.29) is 10.7 Å². The van der Waals surface area contributed by atoms with E-state index >= 15 is 0 Å². The van der Waals surface area contributed by atoms with E-state index in [4.69, 9.17) is 0 Å². The van der Waals surface area contributed by atoms with Crippen LogP contribution in [0.2, 0.25) is 0 Å². The number of sulfone groups is 1. The molecule has 0 heterocycles. The van der Waals surface area contributed by atoms with Crippen molar-refractivity contribution in [1.82, 2.24) is 0 Å². The molecule has 27 heavy (non-hydrogen) atoms. The first-order valence-corrected chi connectivity index (χ1v) is 11.5. The summed E-state index contributed by atoms with van der Waals surface area (Å²) in [5, 5.41) is 3.35. The number of hydrogen-bond donors (Lipinski definition) is 1. The van der Waals surface area contributed by atoms with Crippen molar-refractivity contribution >= 4 is 27.3 Å². The molecular weight excluding hydrogens is 381 g/mol. The summed E-state index contributed by atoms with van der Waals surface area (Å²) in [4.78, 5) is 1.44. The maximum atomic E-state index is 13.8. The molecule has 0 saturated heterocycles. The molecule has 1 N–H and O–H groups in total. The van der Waals surface area contributed by atoms with Crippen molar-refractivity contribution < 1.29 is 12.8 Å². The number of benzene rings is 3. The normalized spacial score (nSPS) is 11.4. The van der Waals surface area contributed by atoms with Gasteiger partial charge >= 0.3 is 0 Å². The molecular formula is C21H20FNO2S2. The molecule has 3 aromatic carbocycles. The number of nitrogens with one attached hydrogen (secondary N) is 1. The van der Waals surface area contributed by atoms with Gasteiger partial charge in [0.1, 0.15) is 5.82 Å². The van der Waals surface area contributed by atoms with Gasteiger partial charge in [0.25, 0.3) is 0 Å². The third-order valence-electron chi connectivity index (χ3n) is 4.24. The molecule has 6 heteroatoms. The summed E-state index contributed by atoms with van der Waals surface area (Å²) in [6.07, 6.45) is 3.20. The fourth-order valence-electron chi connectivity index (χ4n) is 2.76. The molecule has 0 aromatic heterocycles. The molecule has 0 aliphatic heterocycles. The second kappa shape index (κ2) is 8.15. The van der Waals surface area contributed by atoms with Crippen LogP contribution in [-0.4, -0.2) is 20.9 Å². The van der Waals surface area contributed by atoms with Gasteiger partial charge in [-0.1, -0.05) is 18.2 Å². The molecule has 0 amide bonds. The Balaban J connectivity index is 1.86. The van der Waals surface area contributed by atoms with Gasteiger partial charge in [-0.3, -0.25) is 0 Å². The lowest BCUT2D eigenvalue weighted by atomic mass is 9.99. The average molecular weight is 402 g/mol. The topological polar surface area (TPSA) is 46.2 Å². The van der Waals surface area contributed by atoms with Crippen LogP contribution < -0.4 is 5.32 Å². The van der Waals surface area contributed by atoms with E-state index < -0.39 is 9.84 Å². The second-order valence-electron chi connectivity index (χ2n) is 6.18. The first kappa shape index (κ1) is 19.5. The maximum absolute atomic E-state index is 13.8. The Morgan fingerprint density at radius 1 is 0.963 bits per heavy atom. The van der Waals surface area contributed by atoms with Gasteiger partial charge in [0.05, 0.1) is 4.90 Å². The smallest absolute Gasteiger partial charge is 0.175 e.